The average molecular weight is 239 g/mol. The Morgan fingerprint density at radius 2 is 2.41 bits per heavy atom. The molecule has 0 saturated carbocycles. The van der Waals surface area contributed by atoms with E-state index in [1.807, 2.05) is 0 Å². The molecule has 0 aromatic heterocycles. The predicted molar refractivity (Wildman–Crippen MR) is 63.5 cm³/mol. The molecular weight excluding hydrogens is 221 g/mol. The van der Waals surface area contributed by atoms with Crippen molar-refractivity contribution in [3.63, 3.8) is 0 Å². The summed E-state index contributed by atoms with van der Waals surface area (Å²) in [6.07, 6.45) is 2.93. The molecule has 1 aromatic rings. The molecule has 1 heterocycles. The van der Waals surface area contributed by atoms with E-state index >= 15 is 0 Å². The molecule has 17 heavy (non-hydrogen) atoms. The Labute approximate surface area is 101 Å². The Morgan fingerprint density at radius 1 is 1.59 bits per heavy atom. The fourth-order valence-electron chi connectivity index (χ4n) is 2.18. The molecule has 1 saturated heterocycles. The van der Waals surface area contributed by atoms with Gasteiger partial charge in [0.15, 0.2) is 0 Å². The van der Waals surface area contributed by atoms with Gasteiger partial charge in [0.05, 0.1) is 13.2 Å². The number of hydrogen-bond donors (Lipinski definition) is 1. The monoisotopic (exact) mass is 239 g/mol. The lowest BCUT2D eigenvalue weighted by Gasteiger charge is -2.17. The summed E-state index contributed by atoms with van der Waals surface area (Å²) in [6.45, 7) is 0.794. The van der Waals surface area contributed by atoms with E-state index in [0.717, 1.165) is 19.4 Å². The smallest absolute Gasteiger partial charge is 0.131 e. The Bertz CT molecular complexity index is 378. The average Bonchev–Trinajstić information content (AvgIpc) is 2.81. The van der Waals surface area contributed by atoms with E-state index in [2.05, 4.69) is 0 Å². The summed E-state index contributed by atoms with van der Waals surface area (Å²) in [5.74, 6) is 0.199. The first kappa shape index (κ1) is 12.3. The minimum absolute atomic E-state index is 0.173. The second-order valence-electron chi connectivity index (χ2n) is 4.36. The van der Waals surface area contributed by atoms with Crippen LogP contribution in [0.25, 0.3) is 0 Å². The van der Waals surface area contributed by atoms with Gasteiger partial charge in [-0.2, -0.15) is 0 Å². The van der Waals surface area contributed by atoms with Crippen molar-refractivity contribution in [3.8, 4) is 5.75 Å². The first-order valence-electron chi connectivity index (χ1n) is 5.91. The largest absolute Gasteiger partial charge is 0.497 e. The van der Waals surface area contributed by atoms with E-state index in [0.29, 0.717) is 17.7 Å². The zero-order valence-electron chi connectivity index (χ0n) is 9.99. The van der Waals surface area contributed by atoms with Crippen LogP contribution in [-0.4, -0.2) is 19.8 Å². The molecule has 3 nitrogen and oxygen atoms in total. The van der Waals surface area contributed by atoms with Crippen molar-refractivity contribution < 1.29 is 13.9 Å². The number of halogens is 1. The van der Waals surface area contributed by atoms with Crippen LogP contribution < -0.4 is 10.5 Å². The molecule has 2 N–H and O–H groups in total. The summed E-state index contributed by atoms with van der Waals surface area (Å²) in [6, 6.07) is 4.47. The number of methoxy groups -OCH3 is 1. The molecule has 1 aliphatic heterocycles. The van der Waals surface area contributed by atoms with Gasteiger partial charge < -0.3 is 15.2 Å². The minimum atomic E-state index is -0.316. The van der Waals surface area contributed by atoms with Gasteiger partial charge in [-0.25, -0.2) is 4.39 Å². The summed E-state index contributed by atoms with van der Waals surface area (Å²) in [5, 5.41) is 0. The second-order valence-corrected chi connectivity index (χ2v) is 4.36. The summed E-state index contributed by atoms with van der Waals surface area (Å²) >= 11 is 0. The van der Waals surface area contributed by atoms with E-state index in [1.54, 1.807) is 12.1 Å². The van der Waals surface area contributed by atoms with Crippen LogP contribution in [0.5, 0.6) is 5.75 Å². The lowest BCUT2D eigenvalue weighted by Crippen LogP contribution is -2.19. The third-order valence-electron chi connectivity index (χ3n) is 3.15. The molecule has 0 amide bonds. The molecule has 0 radical (unpaired) electrons. The Morgan fingerprint density at radius 3 is 3.00 bits per heavy atom. The summed E-state index contributed by atoms with van der Waals surface area (Å²) in [4.78, 5) is 0. The molecule has 0 spiro atoms. The quantitative estimate of drug-likeness (QED) is 0.877. The van der Waals surface area contributed by atoms with Crippen molar-refractivity contribution in [1.82, 2.24) is 0 Å². The zero-order valence-corrected chi connectivity index (χ0v) is 9.99. The number of nitrogens with two attached hydrogens (primary N) is 1. The molecule has 1 aliphatic rings. The highest BCUT2D eigenvalue weighted by Crippen LogP contribution is 2.26. The lowest BCUT2D eigenvalue weighted by atomic mass is 9.99. The summed E-state index contributed by atoms with van der Waals surface area (Å²) in [7, 11) is 1.51. The van der Waals surface area contributed by atoms with Gasteiger partial charge in [0.1, 0.15) is 11.6 Å². The van der Waals surface area contributed by atoms with E-state index < -0.39 is 0 Å². The maximum absolute atomic E-state index is 13.8. The lowest BCUT2D eigenvalue weighted by molar-refractivity contribution is 0.0980. The third-order valence-corrected chi connectivity index (χ3v) is 3.15. The van der Waals surface area contributed by atoms with E-state index in [-0.39, 0.29) is 18.0 Å². The first-order chi connectivity index (χ1) is 8.20. The first-order valence-corrected chi connectivity index (χ1v) is 5.91. The van der Waals surface area contributed by atoms with Crippen molar-refractivity contribution in [2.45, 2.75) is 31.4 Å². The number of benzene rings is 1. The van der Waals surface area contributed by atoms with Crippen LogP contribution in [0.1, 0.15) is 30.9 Å². The van der Waals surface area contributed by atoms with Crippen LogP contribution in [0.2, 0.25) is 0 Å². The van der Waals surface area contributed by atoms with E-state index in [9.17, 15) is 4.39 Å². The van der Waals surface area contributed by atoms with Crippen LogP contribution in [0, 0.1) is 5.82 Å². The standard InChI is InChI=1S/C13H18FNO2/c1-16-9-4-5-11(12(14)7-9)13(15)8-10-3-2-6-17-10/h4-5,7,10,13H,2-3,6,8,15H2,1H3. The van der Waals surface area contributed by atoms with Crippen LogP contribution >= 0.6 is 0 Å². The highest BCUT2D eigenvalue weighted by Gasteiger charge is 2.21. The topological polar surface area (TPSA) is 44.5 Å². The number of rotatable bonds is 4. The van der Waals surface area contributed by atoms with Gasteiger partial charge in [0, 0.05) is 24.3 Å². The molecular formula is C13H18FNO2. The van der Waals surface area contributed by atoms with Crippen molar-refractivity contribution in [1.29, 1.82) is 0 Å². The highest BCUT2D eigenvalue weighted by atomic mass is 19.1. The summed E-state index contributed by atoms with van der Waals surface area (Å²) in [5.41, 5.74) is 6.54. The molecule has 0 bridgehead atoms. The van der Waals surface area contributed by atoms with E-state index in [4.69, 9.17) is 15.2 Å². The third kappa shape index (κ3) is 2.96. The van der Waals surface area contributed by atoms with Crippen molar-refractivity contribution in [3.05, 3.63) is 29.6 Å². The highest BCUT2D eigenvalue weighted by molar-refractivity contribution is 5.30. The van der Waals surface area contributed by atoms with Gasteiger partial charge in [-0.1, -0.05) is 6.07 Å². The van der Waals surface area contributed by atoms with Gasteiger partial charge in [-0.05, 0) is 25.3 Å². The van der Waals surface area contributed by atoms with Crippen molar-refractivity contribution in [2.75, 3.05) is 13.7 Å². The molecule has 2 atom stereocenters. The number of ether oxygens (including phenoxy) is 2. The van der Waals surface area contributed by atoms with Gasteiger partial charge >= 0.3 is 0 Å². The molecule has 2 unspecified atom stereocenters. The molecule has 2 rings (SSSR count). The van der Waals surface area contributed by atoms with Gasteiger partial charge in [-0.15, -0.1) is 0 Å². The van der Waals surface area contributed by atoms with Gasteiger partial charge in [0.25, 0.3) is 0 Å². The van der Waals surface area contributed by atoms with Gasteiger partial charge in [0.2, 0.25) is 0 Å². The Kier molecular flexibility index (Phi) is 3.97. The second kappa shape index (κ2) is 5.47. The van der Waals surface area contributed by atoms with Gasteiger partial charge in [-0.3, -0.25) is 0 Å². The normalized spacial score (nSPS) is 21.5. The minimum Gasteiger partial charge on any atom is -0.497 e. The van der Waals surface area contributed by atoms with Crippen LogP contribution in [0.4, 0.5) is 4.39 Å². The van der Waals surface area contributed by atoms with Crippen LogP contribution in [0.3, 0.4) is 0 Å². The maximum atomic E-state index is 13.8. The predicted octanol–water partition coefficient (Wildman–Crippen LogP) is 2.40. The summed E-state index contributed by atoms with van der Waals surface area (Å²) < 4.78 is 24.2. The Hall–Kier alpha value is -1.13. The number of hydrogen-bond acceptors (Lipinski definition) is 3. The van der Waals surface area contributed by atoms with Crippen molar-refractivity contribution >= 4 is 0 Å². The van der Waals surface area contributed by atoms with E-state index in [1.165, 1.54) is 13.2 Å². The fraction of sp³-hybridized carbons (Fsp3) is 0.538. The molecule has 94 valence electrons. The molecule has 1 fully saturated rings. The molecule has 1 aromatic carbocycles. The van der Waals surface area contributed by atoms with Crippen LogP contribution in [-0.2, 0) is 4.74 Å². The molecule has 4 heteroatoms. The van der Waals surface area contributed by atoms with Crippen LogP contribution in [0.15, 0.2) is 18.2 Å². The Balaban J connectivity index is 2.04. The van der Waals surface area contributed by atoms with Crippen molar-refractivity contribution in [2.24, 2.45) is 5.73 Å². The maximum Gasteiger partial charge on any atom is 0.131 e. The fourth-order valence-corrected chi connectivity index (χ4v) is 2.18. The molecule has 0 aliphatic carbocycles. The SMILES string of the molecule is COc1ccc(C(N)CC2CCCO2)c(F)c1. The zero-order chi connectivity index (χ0) is 12.3.